The molecule has 1 aromatic carbocycles. The Bertz CT molecular complexity index is 286. The van der Waals surface area contributed by atoms with Gasteiger partial charge >= 0.3 is 0 Å². The highest BCUT2D eigenvalue weighted by atomic mass is 35.5. The van der Waals surface area contributed by atoms with Gasteiger partial charge in [-0.2, -0.15) is 0 Å². The van der Waals surface area contributed by atoms with Gasteiger partial charge in [0.15, 0.2) is 0 Å². The van der Waals surface area contributed by atoms with Gasteiger partial charge in [0, 0.05) is 17.3 Å². The zero-order chi connectivity index (χ0) is 9.14. The molecule has 2 nitrogen and oxygen atoms in total. The van der Waals surface area contributed by atoms with Crippen LogP contribution in [0, 0.1) is 6.92 Å². The summed E-state index contributed by atoms with van der Waals surface area (Å²) in [6.07, 6.45) is 0.559. The van der Waals surface area contributed by atoms with Gasteiger partial charge in [-0.15, -0.1) is 0 Å². The van der Waals surface area contributed by atoms with Crippen molar-refractivity contribution in [3.8, 4) is 0 Å². The number of hydrogen-bond donors (Lipinski definition) is 2. The molecular formula is C9H12ClNO. The van der Waals surface area contributed by atoms with Crippen molar-refractivity contribution in [2.24, 2.45) is 0 Å². The van der Waals surface area contributed by atoms with Gasteiger partial charge in [-0.1, -0.05) is 11.6 Å². The van der Waals surface area contributed by atoms with Crippen molar-refractivity contribution in [2.45, 2.75) is 13.3 Å². The van der Waals surface area contributed by atoms with Gasteiger partial charge in [0.2, 0.25) is 0 Å². The number of aliphatic hydroxyl groups is 1. The predicted octanol–water partition coefficient (Wildman–Crippen LogP) is 1.77. The summed E-state index contributed by atoms with van der Waals surface area (Å²) >= 11 is 5.91. The van der Waals surface area contributed by atoms with Gasteiger partial charge in [-0.25, -0.2) is 0 Å². The number of nitrogen functional groups attached to an aromatic ring is 1. The lowest BCUT2D eigenvalue weighted by Gasteiger charge is -2.06. The fourth-order valence-corrected chi connectivity index (χ4v) is 1.36. The lowest BCUT2D eigenvalue weighted by atomic mass is 10.1. The predicted molar refractivity (Wildman–Crippen MR) is 51.4 cm³/mol. The molecule has 0 aliphatic rings. The summed E-state index contributed by atoms with van der Waals surface area (Å²) in [5.41, 5.74) is 8.28. The average molecular weight is 186 g/mol. The van der Waals surface area contributed by atoms with E-state index < -0.39 is 0 Å². The maximum absolute atomic E-state index is 8.70. The Morgan fingerprint density at radius 3 is 2.75 bits per heavy atom. The first-order valence-corrected chi connectivity index (χ1v) is 4.18. The normalized spacial score (nSPS) is 10.2. The number of hydrogen-bond acceptors (Lipinski definition) is 2. The van der Waals surface area contributed by atoms with Crippen LogP contribution in [0.25, 0.3) is 0 Å². The average Bonchev–Trinajstić information content (AvgIpc) is 2.01. The Kier molecular flexibility index (Phi) is 2.95. The van der Waals surface area contributed by atoms with E-state index in [0.717, 1.165) is 16.8 Å². The molecule has 12 heavy (non-hydrogen) atoms. The third-order valence-corrected chi connectivity index (χ3v) is 2.17. The molecule has 1 aromatic rings. The van der Waals surface area contributed by atoms with Crippen LogP contribution in [0.15, 0.2) is 12.1 Å². The molecule has 1 rings (SSSR count). The van der Waals surface area contributed by atoms with E-state index in [4.69, 9.17) is 22.4 Å². The molecule has 0 heterocycles. The lowest BCUT2D eigenvalue weighted by molar-refractivity contribution is 0.299. The van der Waals surface area contributed by atoms with Gasteiger partial charge in [0.1, 0.15) is 0 Å². The second-order valence-electron chi connectivity index (χ2n) is 2.77. The van der Waals surface area contributed by atoms with E-state index in [-0.39, 0.29) is 6.61 Å². The molecule has 0 atom stereocenters. The van der Waals surface area contributed by atoms with E-state index in [9.17, 15) is 0 Å². The molecule has 0 saturated carbocycles. The van der Waals surface area contributed by atoms with E-state index >= 15 is 0 Å². The minimum Gasteiger partial charge on any atom is -0.399 e. The van der Waals surface area contributed by atoms with Crippen LogP contribution in [0.5, 0.6) is 0 Å². The molecular weight excluding hydrogens is 174 g/mol. The molecule has 0 bridgehead atoms. The molecule has 0 fully saturated rings. The zero-order valence-corrected chi connectivity index (χ0v) is 7.73. The standard InChI is InChI=1S/C9H12ClNO/c1-6-4-8(10)7(2-3-12)5-9(6)11/h4-5,12H,2-3,11H2,1H3. The Hall–Kier alpha value is -0.730. The van der Waals surface area contributed by atoms with Crippen molar-refractivity contribution in [1.29, 1.82) is 0 Å². The molecule has 0 amide bonds. The molecule has 0 spiro atoms. The summed E-state index contributed by atoms with van der Waals surface area (Å²) in [6, 6.07) is 3.63. The van der Waals surface area contributed by atoms with Crippen molar-refractivity contribution in [3.63, 3.8) is 0 Å². The summed E-state index contributed by atoms with van der Waals surface area (Å²) in [5.74, 6) is 0. The Morgan fingerprint density at radius 1 is 1.50 bits per heavy atom. The summed E-state index contributed by atoms with van der Waals surface area (Å²) in [7, 11) is 0. The van der Waals surface area contributed by atoms with Crippen LogP contribution in [0.2, 0.25) is 5.02 Å². The molecule has 0 saturated heterocycles. The fraction of sp³-hybridized carbons (Fsp3) is 0.333. The molecule has 3 heteroatoms. The van der Waals surface area contributed by atoms with Crippen LogP contribution in [-0.2, 0) is 6.42 Å². The van der Waals surface area contributed by atoms with E-state index in [2.05, 4.69) is 0 Å². The molecule has 0 aromatic heterocycles. The maximum atomic E-state index is 8.70. The quantitative estimate of drug-likeness (QED) is 0.690. The highest BCUT2D eigenvalue weighted by Gasteiger charge is 2.02. The van der Waals surface area contributed by atoms with Crippen LogP contribution >= 0.6 is 11.6 Å². The van der Waals surface area contributed by atoms with Gasteiger partial charge in [-0.05, 0) is 36.6 Å². The molecule has 3 N–H and O–H groups in total. The smallest absolute Gasteiger partial charge is 0.0471 e. The second kappa shape index (κ2) is 3.78. The summed E-state index contributed by atoms with van der Waals surface area (Å²) in [4.78, 5) is 0. The molecule has 0 aliphatic carbocycles. The van der Waals surface area contributed by atoms with E-state index in [1.165, 1.54) is 0 Å². The van der Waals surface area contributed by atoms with Crippen molar-refractivity contribution in [1.82, 2.24) is 0 Å². The molecule has 66 valence electrons. The number of rotatable bonds is 2. The van der Waals surface area contributed by atoms with Gasteiger partial charge in [0.05, 0.1) is 0 Å². The number of halogens is 1. The Labute approximate surface area is 77.0 Å². The number of benzene rings is 1. The largest absolute Gasteiger partial charge is 0.399 e. The number of aliphatic hydroxyl groups excluding tert-OH is 1. The van der Waals surface area contributed by atoms with Crippen LogP contribution in [-0.4, -0.2) is 11.7 Å². The monoisotopic (exact) mass is 185 g/mol. The minimum atomic E-state index is 0.0994. The van der Waals surface area contributed by atoms with Crippen molar-refractivity contribution < 1.29 is 5.11 Å². The third-order valence-electron chi connectivity index (χ3n) is 1.82. The first kappa shape index (κ1) is 9.36. The highest BCUT2D eigenvalue weighted by Crippen LogP contribution is 2.22. The summed E-state index contributed by atoms with van der Waals surface area (Å²) in [5, 5.41) is 9.38. The number of aryl methyl sites for hydroxylation is 1. The fourth-order valence-electron chi connectivity index (χ4n) is 1.05. The lowest BCUT2D eigenvalue weighted by Crippen LogP contribution is -1.96. The first-order valence-electron chi connectivity index (χ1n) is 3.80. The van der Waals surface area contributed by atoms with Crippen LogP contribution in [0.4, 0.5) is 5.69 Å². The summed E-state index contributed by atoms with van der Waals surface area (Å²) < 4.78 is 0. The van der Waals surface area contributed by atoms with Crippen molar-refractivity contribution in [3.05, 3.63) is 28.3 Å². The highest BCUT2D eigenvalue weighted by molar-refractivity contribution is 6.31. The SMILES string of the molecule is Cc1cc(Cl)c(CCO)cc1N. The molecule has 0 unspecified atom stereocenters. The number of nitrogens with two attached hydrogens (primary N) is 1. The third kappa shape index (κ3) is 1.90. The van der Waals surface area contributed by atoms with Crippen molar-refractivity contribution >= 4 is 17.3 Å². The second-order valence-corrected chi connectivity index (χ2v) is 3.18. The van der Waals surface area contributed by atoms with Crippen LogP contribution < -0.4 is 5.73 Å². The van der Waals surface area contributed by atoms with Crippen LogP contribution in [0.3, 0.4) is 0 Å². The first-order chi connectivity index (χ1) is 5.65. The van der Waals surface area contributed by atoms with Crippen molar-refractivity contribution in [2.75, 3.05) is 12.3 Å². The van der Waals surface area contributed by atoms with Gasteiger partial charge in [0.25, 0.3) is 0 Å². The van der Waals surface area contributed by atoms with Crippen LogP contribution in [0.1, 0.15) is 11.1 Å². The summed E-state index contributed by atoms with van der Waals surface area (Å²) in [6.45, 7) is 2.01. The molecule has 0 radical (unpaired) electrons. The van der Waals surface area contributed by atoms with Gasteiger partial charge in [-0.3, -0.25) is 0 Å². The maximum Gasteiger partial charge on any atom is 0.0471 e. The Balaban J connectivity index is 3.05. The topological polar surface area (TPSA) is 46.2 Å². The molecule has 0 aliphatic heterocycles. The van der Waals surface area contributed by atoms with E-state index in [0.29, 0.717) is 11.4 Å². The zero-order valence-electron chi connectivity index (χ0n) is 6.97. The van der Waals surface area contributed by atoms with E-state index in [1.54, 1.807) is 0 Å². The van der Waals surface area contributed by atoms with E-state index in [1.807, 2.05) is 19.1 Å². The Morgan fingerprint density at radius 2 is 2.17 bits per heavy atom. The van der Waals surface area contributed by atoms with Gasteiger partial charge < -0.3 is 10.8 Å². The minimum absolute atomic E-state index is 0.0994. The number of anilines is 1.